The van der Waals surface area contributed by atoms with Gasteiger partial charge in [-0.2, -0.15) is 0 Å². The minimum absolute atomic E-state index is 0.00750. The molecule has 0 aromatic heterocycles. The van der Waals surface area contributed by atoms with Gasteiger partial charge in [-0.1, -0.05) is 33.9 Å². The second-order valence-electron chi connectivity index (χ2n) is 8.01. The van der Waals surface area contributed by atoms with Crippen molar-refractivity contribution in [1.29, 1.82) is 0 Å². The third kappa shape index (κ3) is 13.4. The molecule has 1 rings (SSSR count). The normalized spacial score (nSPS) is 21.7. The van der Waals surface area contributed by atoms with Crippen LogP contribution < -0.4 is 0 Å². The molecule has 1 fully saturated rings. The molecular weight excluding hydrogens is 364 g/mol. The van der Waals surface area contributed by atoms with Crippen molar-refractivity contribution in [2.75, 3.05) is 6.54 Å². The number of rotatable bonds is 5. The third-order valence-electron chi connectivity index (χ3n) is 3.91. The maximum absolute atomic E-state index is 10.3. The molecule has 156 valence electrons. The van der Waals surface area contributed by atoms with Crippen LogP contribution in [0.4, 0.5) is 0 Å². The second-order valence-corrected chi connectivity index (χ2v) is 8.01. The smallest absolute Gasteiger partial charge is 0.330 e. The van der Waals surface area contributed by atoms with Crippen molar-refractivity contribution in [3.8, 4) is 0 Å². The van der Waals surface area contributed by atoms with Gasteiger partial charge >= 0.3 is 11.9 Å². The van der Waals surface area contributed by atoms with Crippen molar-refractivity contribution < 1.29 is 29.4 Å². The number of carbonyl (C=O) groups is 2. The standard InChI is InChI=1S/C12H18N2O2.2C4H6O2/c1-11(2)4-10(14-9-16)5-12(3,6-11)7-13-8-15;2*1-3(2)4(5)6/h10H,4-7H2,1-3H3;2*1H2,2H3,(H,5,6). The van der Waals surface area contributed by atoms with Crippen LogP contribution in [0.1, 0.15) is 53.9 Å². The number of isocyanates is 2. The Hall–Kier alpha value is -2.82. The Morgan fingerprint density at radius 2 is 1.43 bits per heavy atom. The number of carbonyl (C=O) groups excluding carboxylic acids is 2. The highest BCUT2D eigenvalue weighted by atomic mass is 16.4. The van der Waals surface area contributed by atoms with Gasteiger partial charge in [0, 0.05) is 11.1 Å². The van der Waals surface area contributed by atoms with Crippen LogP contribution in [-0.4, -0.2) is 46.9 Å². The topological polar surface area (TPSA) is 133 Å². The highest BCUT2D eigenvalue weighted by Gasteiger charge is 2.41. The Labute approximate surface area is 165 Å². The number of aliphatic imine (C=N–C) groups is 2. The Balaban J connectivity index is 0. The van der Waals surface area contributed by atoms with E-state index >= 15 is 0 Å². The number of aliphatic carboxylic acids is 2. The van der Waals surface area contributed by atoms with E-state index in [0.717, 1.165) is 19.3 Å². The zero-order chi connectivity index (χ0) is 22.5. The fourth-order valence-corrected chi connectivity index (χ4v) is 3.09. The van der Waals surface area contributed by atoms with Gasteiger partial charge in [0.1, 0.15) is 0 Å². The molecule has 8 nitrogen and oxygen atoms in total. The van der Waals surface area contributed by atoms with E-state index in [9.17, 15) is 19.2 Å². The van der Waals surface area contributed by atoms with Gasteiger partial charge in [-0.05, 0) is 43.9 Å². The van der Waals surface area contributed by atoms with E-state index in [0.29, 0.717) is 6.54 Å². The Morgan fingerprint density at radius 3 is 1.75 bits per heavy atom. The summed E-state index contributed by atoms with van der Waals surface area (Å²) in [5.41, 5.74) is 0.408. The number of hydrogen-bond acceptors (Lipinski definition) is 6. The van der Waals surface area contributed by atoms with Crippen molar-refractivity contribution in [3.63, 3.8) is 0 Å². The summed E-state index contributed by atoms with van der Waals surface area (Å²) in [5.74, 6) is -1.87. The van der Waals surface area contributed by atoms with Crippen molar-refractivity contribution in [1.82, 2.24) is 0 Å². The molecule has 2 N–H and O–H groups in total. The highest BCUT2D eigenvalue weighted by Crippen LogP contribution is 2.47. The first kappa shape index (κ1) is 27.4. The number of nitrogens with zero attached hydrogens (tertiary/aromatic N) is 2. The zero-order valence-corrected chi connectivity index (χ0v) is 17.2. The van der Waals surface area contributed by atoms with E-state index in [2.05, 4.69) is 43.9 Å². The Morgan fingerprint density at radius 1 is 1.00 bits per heavy atom. The minimum atomic E-state index is -0.935. The van der Waals surface area contributed by atoms with Gasteiger partial charge in [0.2, 0.25) is 12.2 Å². The molecule has 2 unspecified atom stereocenters. The molecule has 0 aliphatic heterocycles. The van der Waals surface area contributed by atoms with Crippen LogP contribution in [0.2, 0.25) is 0 Å². The minimum Gasteiger partial charge on any atom is -0.478 e. The molecule has 8 heteroatoms. The van der Waals surface area contributed by atoms with E-state index in [4.69, 9.17) is 10.2 Å². The lowest BCUT2D eigenvalue weighted by Crippen LogP contribution is -2.39. The largest absolute Gasteiger partial charge is 0.478 e. The number of carboxylic acid groups (broad SMARTS) is 2. The summed E-state index contributed by atoms with van der Waals surface area (Å²) in [7, 11) is 0. The molecule has 0 heterocycles. The maximum atomic E-state index is 10.3. The van der Waals surface area contributed by atoms with Crippen molar-refractivity contribution in [2.45, 2.75) is 59.9 Å². The predicted octanol–water partition coefficient (Wildman–Crippen LogP) is 3.54. The first-order chi connectivity index (χ1) is 12.7. The van der Waals surface area contributed by atoms with E-state index in [1.54, 1.807) is 12.2 Å². The molecule has 0 aromatic rings. The average molecular weight is 394 g/mol. The second kappa shape index (κ2) is 12.5. The molecule has 1 saturated carbocycles. The van der Waals surface area contributed by atoms with Gasteiger partial charge in [-0.25, -0.2) is 29.2 Å². The Bertz CT molecular complexity index is 637. The van der Waals surface area contributed by atoms with Crippen LogP contribution in [0.5, 0.6) is 0 Å². The molecular formula is C20H30N2O6. The SMILES string of the molecule is C=C(C)C(=O)O.C=C(C)C(=O)O.CC1(C)CC(N=C=O)CC(C)(CN=C=O)C1. The van der Waals surface area contributed by atoms with Gasteiger partial charge in [0.25, 0.3) is 0 Å². The fourth-order valence-electron chi connectivity index (χ4n) is 3.09. The van der Waals surface area contributed by atoms with E-state index < -0.39 is 11.9 Å². The number of carboxylic acids is 2. The van der Waals surface area contributed by atoms with Crippen LogP contribution in [0.3, 0.4) is 0 Å². The third-order valence-corrected chi connectivity index (χ3v) is 3.91. The summed E-state index contributed by atoms with van der Waals surface area (Å²) in [6.45, 7) is 16.1. The van der Waals surface area contributed by atoms with Crippen molar-refractivity contribution in [2.24, 2.45) is 20.8 Å². The Kier molecular flexibility index (Phi) is 12.3. The van der Waals surface area contributed by atoms with Gasteiger partial charge < -0.3 is 10.2 Å². The van der Waals surface area contributed by atoms with Gasteiger partial charge in [0.05, 0.1) is 12.6 Å². The summed E-state index contributed by atoms with van der Waals surface area (Å²) < 4.78 is 0. The van der Waals surface area contributed by atoms with Gasteiger partial charge in [-0.15, -0.1) is 0 Å². The molecule has 0 aromatic carbocycles. The molecule has 28 heavy (non-hydrogen) atoms. The van der Waals surface area contributed by atoms with Crippen molar-refractivity contribution in [3.05, 3.63) is 24.3 Å². The molecule has 1 aliphatic rings. The first-order valence-electron chi connectivity index (χ1n) is 8.58. The lowest BCUT2D eigenvalue weighted by atomic mass is 9.63. The quantitative estimate of drug-likeness (QED) is 0.416. The number of hydrogen-bond donors (Lipinski definition) is 2. The van der Waals surface area contributed by atoms with Crippen LogP contribution in [0, 0.1) is 10.8 Å². The van der Waals surface area contributed by atoms with E-state index in [1.165, 1.54) is 13.8 Å². The van der Waals surface area contributed by atoms with Crippen molar-refractivity contribution >= 4 is 24.1 Å². The fraction of sp³-hybridized carbons (Fsp3) is 0.600. The molecule has 1 aliphatic carbocycles. The zero-order valence-electron chi connectivity index (χ0n) is 17.2. The molecule has 0 saturated heterocycles. The van der Waals surface area contributed by atoms with Crippen LogP contribution in [0.25, 0.3) is 0 Å². The summed E-state index contributed by atoms with van der Waals surface area (Å²) in [6, 6.07) is 0.00750. The first-order valence-corrected chi connectivity index (χ1v) is 8.58. The lowest BCUT2D eigenvalue weighted by molar-refractivity contribution is -0.133. The van der Waals surface area contributed by atoms with Gasteiger partial charge in [-0.3, -0.25) is 0 Å². The highest BCUT2D eigenvalue weighted by molar-refractivity contribution is 5.85. The molecule has 0 radical (unpaired) electrons. The van der Waals surface area contributed by atoms with E-state index in [-0.39, 0.29) is 28.0 Å². The summed E-state index contributed by atoms with van der Waals surface area (Å²) >= 11 is 0. The molecule has 0 bridgehead atoms. The van der Waals surface area contributed by atoms with Crippen LogP contribution >= 0.6 is 0 Å². The molecule has 0 amide bonds. The summed E-state index contributed by atoms with van der Waals surface area (Å²) in [5, 5.41) is 15.8. The van der Waals surface area contributed by atoms with Gasteiger partial charge in [0.15, 0.2) is 0 Å². The molecule has 2 atom stereocenters. The average Bonchev–Trinajstić information content (AvgIpc) is 2.52. The molecule has 0 spiro atoms. The summed E-state index contributed by atoms with van der Waals surface area (Å²) in [6.07, 6.45) is 5.88. The van der Waals surface area contributed by atoms with Crippen LogP contribution in [0.15, 0.2) is 34.3 Å². The maximum Gasteiger partial charge on any atom is 0.330 e. The predicted molar refractivity (Wildman–Crippen MR) is 106 cm³/mol. The monoisotopic (exact) mass is 394 g/mol. The van der Waals surface area contributed by atoms with Crippen LogP contribution in [-0.2, 0) is 19.2 Å². The lowest BCUT2D eigenvalue weighted by Gasteiger charge is -2.44. The summed E-state index contributed by atoms with van der Waals surface area (Å²) in [4.78, 5) is 47.2. The van der Waals surface area contributed by atoms with E-state index in [1.807, 2.05) is 0 Å².